The van der Waals surface area contributed by atoms with Gasteiger partial charge in [-0.2, -0.15) is 0 Å². The fraction of sp³-hybridized carbons (Fsp3) is 0.500. The fourth-order valence-electron chi connectivity index (χ4n) is 0.611. The quantitative estimate of drug-likeness (QED) is 0.379. The molecule has 0 rings (SSSR count). The Kier molecular flexibility index (Phi) is 6.38. The lowest BCUT2D eigenvalue weighted by Gasteiger charge is -1.88. The van der Waals surface area contributed by atoms with Gasteiger partial charge in [0.1, 0.15) is 0 Å². The van der Waals surface area contributed by atoms with E-state index in [1.54, 1.807) is 12.2 Å². The molecule has 0 spiro atoms. The maximum absolute atomic E-state index is 9.95. The van der Waals surface area contributed by atoms with Crippen molar-refractivity contribution in [1.82, 2.24) is 0 Å². The topological polar surface area (TPSA) is 43.1 Å². The van der Waals surface area contributed by atoms with Gasteiger partial charge in [0.25, 0.3) is 0 Å². The predicted octanol–water partition coefficient (Wildman–Crippen LogP) is 2.74. The van der Waals surface area contributed by atoms with E-state index in [9.17, 15) is 10.1 Å². The van der Waals surface area contributed by atoms with Crippen molar-refractivity contribution in [2.75, 3.05) is 6.54 Å². The zero-order chi connectivity index (χ0) is 9.40. The van der Waals surface area contributed by atoms with Gasteiger partial charge >= 0.3 is 0 Å². The second-order valence-electron chi connectivity index (χ2n) is 2.32. The van der Waals surface area contributed by atoms with Crippen molar-refractivity contribution in [3.05, 3.63) is 33.4 Å². The van der Waals surface area contributed by atoms with Crippen molar-refractivity contribution >= 4 is 11.6 Å². The van der Waals surface area contributed by atoms with Gasteiger partial charge in [0.15, 0.2) is 0 Å². The number of halogens is 1. The van der Waals surface area contributed by atoms with Crippen LogP contribution in [0.2, 0.25) is 0 Å². The first-order chi connectivity index (χ1) is 5.66. The molecule has 0 unspecified atom stereocenters. The summed E-state index contributed by atoms with van der Waals surface area (Å²) >= 11 is 5.52. The van der Waals surface area contributed by atoms with E-state index in [4.69, 9.17) is 11.6 Å². The van der Waals surface area contributed by atoms with Crippen LogP contribution in [0.1, 0.15) is 19.8 Å². The van der Waals surface area contributed by atoms with Gasteiger partial charge in [0.05, 0.1) is 5.03 Å². The average molecular weight is 190 g/mol. The third kappa shape index (κ3) is 7.28. The Morgan fingerprint density at radius 2 is 2.33 bits per heavy atom. The normalized spacial score (nSPS) is 12.3. The minimum Gasteiger partial charge on any atom is -0.264 e. The molecule has 0 aromatic heterocycles. The van der Waals surface area contributed by atoms with E-state index in [-0.39, 0.29) is 11.6 Å². The van der Waals surface area contributed by atoms with Gasteiger partial charge in [-0.1, -0.05) is 37.1 Å². The number of hydrogen-bond acceptors (Lipinski definition) is 2. The molecule has 12 heavy (non-hydrogen) atoms. The lowest BCUT2D eigenvalue weighted by atomic mass is 10.3. The zero-order valence-electron chi connectivity index (χ0n) is 7.00. The van der Waals surface area contributed by atoms with Crippen molar-refractivity contribution in [2.24, 2.45) is 0 Å². The highest BCUT2D eigenvalue weighted by Crippen LogP contribution is 2.01. The standard InChI is InChI=1S/C8H12ClNO2/c1-2-3-4-5-6-8(9)7-10(11)12/h4-6H,2-3,7H2,1H3/b5-4?,8-6+. The smallest absolute Gasteiger partial charge is 0.239 e. The first-order valence-electron chi connectivity index (χ1n) is 3.79. The SMILES string of the molecule is CCCC=C/C=C(/Cl)C[N+](=O)[O-]. The first kappa shape index (κ1) is 11.2. The minimum atomic E-state index is -0.452. The molecular formula is C8H12ClNO2. The van der Waals surface area contributed by atoms with Crippen LogP contribution in [0.5, 0.6) is 0 Å². The van der Waals surface area contributed by atoms with Gasteiger partial charge < -0.3 is 0 Å². The Balaban J connectivity index is 3.75. The Morgan fingerprint density at radius 3 is 2.83 bits per heavy atom. The summed E-state index contributed by atoms with van der Waals surface area (Å²) in [6.45, 7) is 1.77. The monoisotopic (exact) mass is 189 g/mol. The van der Waals surface area contributed by atoms with E-state index in [0.717, 1.165) is 12.8 Å². The lowest BCUT2D eigenvalue weighted by Crippen LogP contribution is -1.99. The van der Waals surface area contributed by atoms with Gasteiger partial charge in [-0.25, -0.2) is 0 Å². The van der Waals surface area contributed by atoms with Gasteiger partial charge in [-0.3, -0.25) is 10.1 Å². The van der Waals surface area contributed by atoms with Crippen LogP contribution in [0.25, 0.3) is 0 Å². The zero-order valence-corrected chi connectivity index (χ0v) is 7.75. The van der Waals surface area contributed by atoms with Crippen LogP contribution in [-0.4, -0.2) is 11.5 Å². The van der Waals surface area contributed by atoms with E-state index in [1.807, 2.05) is 6.08 Å². The molecule has 0 N–H and O–H groups in total. The summed E-state index contributed by atoms with van der Waals surface area (Å²) in [4.78, 5) is 9.50. The largest absolute Gasteiger partial charge is 0.264 e. The van der Waals surface area contributed by atoms with E-state index in [0.29, 0.717) is 0 Å². The summed E-state index contributed by atoms with van der Waals surface area (Å²) in [5.41, 5.74) is 0. The van der Waals surface area contributed by atoms with Gasteiger partial charge in [-0.15, -0.1) is 0 Å². The second-order valence-corrected chi connectivity index (χ2v) is 2.81. The minimum absolute atomic E-state index is 0.257. The van der Waals surface area contributed by atoms with Crippen molar-refractivity contribution in [1.29, 1.82) is 0 Å². The fourth-order valence-corrected chi connectivity index (χ4v) is 0.782. The molecule has 0 saturated carbocycles. The first-order valence-corrected chi connectivity index (χ1v) is 4.17. The Hall–Kier alpha value is -0.830. The van der Waals surface area contributed by atoms with Crippen LogP contribution in [0.3, 0.4) is 0 Å². The number of rotatable bonds is 5. The van der Waals surface area contributed by atoms with Gasteiger partial charge in [0, 0.05) is 4.92 Å². The number of nitrogens with zero attached hydrogens (tertiary/aromatic N) is 1. The van der Waals surface area contributed by atoms with Crippen LogP contribution in [-0.2, 0) is 0 Å². The molecule has 0 aliphatic carbocycles. The van der Waals surface area contributed by atoms with E-state index in [2.05, 4.69) is 6.92 Å². The summed E-state index contributed by atoms with van der Waals surface area (Å²) in [7, 11) is 0. The molecule has 3 nitrogen and oxygen atoms in total. The molecule has 0 atom stereocenters. The second kappa shape index (κ2) is 6.85. The van der Waals surface area contributed by atoms with Crippen molar-refractivity contribution in [3.8, 4) is 0 Å². The van der Waals surface area contributed by atoms with E-state index >= 15 is 0 Å². The summed E-state index contributed by atoms with van der Waals surface area (Å²) < 4.78 is 0. The molecule has 0 aromatic rings. The van der Waals surface area contributed by atoms with Gasteiger partial charge in [0.2, 0.25) is 6.54 Å². The summed E-state index contributed by atoms with van der Waals surface area (Å²) in [5, 5.41) is 10.2. The van der Waals surface area contributed by atoms with Crippen molar-refractivity contribution in [3.63, 3.8) is 0 Å². The number of hydrogen-bond donors (Lipinski definition) is 0. The maximum Gasteiger partial charge on any atom is 0.239 e. The summed E-state index contributed by atoms with van der Waals surface area (Å²) in [5.74, 6) is 0. The van der Waals surface area contributed by atoms with Crippen molar-refractivity contribution in [2.45, 2.75) is 19.8 Å². The summed E-state index contributed by atoms with van der Waals surface area (Å²) in [6.07, 6.45) is 7.27. The molecule has 0 amide bonds. The van der Waals surface area contributed by atoms with Crippen LogP contribution >= 0.6 is 11.6 Å². The molecule has 0 bridgehead atoms. The Bertz CT molecular complexity index is 199. The number of allylic oxidation sites excluding steroid dienone is 3. The van der Waals surface area contributed by atoms with Crippen LogP contribution in [0.15, 0.2) is 23.3 Å². The highest BCUT2D eigenvalue weighted by atomic mass is 35.5. The highest BCUT2D eigenvalue weighted by molar-refractivity contribution is 6.29. The molecular weight excluding hydrogens is 178 g/mol. The third-order valence-electron chi connectivity index (χ3n) is 1.15. The molecule has 0 fully saturated rings. The molecule has 68 valence electrons. The Morgan fingerprint density at radius 1 is 1.67 bits per heavy atom. The molecule has 4 heteroatoms. The number of unbranched alkanes of at least 4 members (excludes halogenated alkanes) is 1. The van der Waals surface area contributed by atoms with Gasteiger partial charge in [-0.05, 0) is 12.5 Å². The van der Waals surface area contributed by atoms with E-state index < -0.39 is 4.92 Å². The molecule has 0 heterocycles. The third-order valence-corrected chi connectivity index (χ3v) is 1.39. The average Bonchev–Trinajstić information content (AvgIpc) is 1.97. The summed E-state index contributed by atoms with van der Waals surface area (Å²) in [6, 6.07) is 0. The molecule has 0 aromatic carbocycles. The molecule has 0 aliphatic rings. The maximum atomic E-state index is 9.95. The highest BCUT2D eigenvalue weighted by Gasteiger charge is 1.98. The van der Waals surface area contributed by atoms with Crippen LogP contribution < -0.4 is 0 Å². The van der Waals surface area contributed by atoms with Crippen molar-refractivity contribution < 1.29 is 4.92 Å². The van der Waals surface area contributed by atoms with Crippen LogP contribution in [0, 0.1) is 10.1 Å². The predicted molar refractivity (Wildman–Crippen MR) is 49.8 cm³/mol. The van der Waals surface area contributed by atoms with Crippen LogP contribution in [0.4, 0.5) is 0 Å². The molecule has 0 saturated heterocycles. The lowest BCUT2D eigenvalue weighted by molar-refractivity contribution is -0.469. The molecule has 0 aliphatic heterocycles. The number of nitro groups is 1. The molecule has 0 radical (unpaired) electrons. The Labute approximate surface area is 76.9 Å². The van der Waals surface area contributed by atoms with E-state index in [1.165, 1.54) is 0 Å².